The summed E-state index contributed by atoms with van der Waals surface area (Å²) in [7, 11) is 3.88. The molecule has 0 amide bonds. The van der Waals surface area contributed by atoms with Crippen molar-refractivity contribution < 1.29 is 4.74 Å². The fraction of sp³-hybridized carbons (Fsp3) is 0.357. The number of likely N-dealkylation sites (N-methyl/N-ethyl adjacent to an activating group) is 1. The Kier molecular flexibility index (Phi) is 3.31. The minimum Gasteiger partial charge on any atom is -0.486 e. The van der Waals surface area contributed by atoms with Crippen molar-refractivity contribution in [2.24, 2.45) is 7.05 Å². The molecule has 0 spiro atoms. The summed E-state index contributed by atoms with van der Waals surface area (Å²) in [5, 5.41) is 4.93. The molecule has 1 fully saturated rings. The second-order valence-electron chi connectivity index (χ2n) is 5.18. The molecular weight excluding hydrogens is 276 g/mol. The van der Waals surface area contributed by atoms with Crippen LogP contribution in [0.5, 0.6) is 5.75 Å². The van der Waals surface area contributed by atoms with Crippen molar-refractivity contribution in [2.75, 3.05) is 25.9 Å². The normalized spacial score (nSPS) is 16.1. The van der Waals surface area contributed by atoms with Crippen molar-refractivity contribution in [1.29, 1.82) is 0 Å². The average molecular weight is 293 g/mol. The number of hydrogen-bond donors (Lipinski definition) is 1. The third kappa shape index (κ3) is 2.46. The van der Waals surface area contributed by atoms with Crippen LogP contribution in [0.3, 0.4) is 0 Å². The Morgan fingerprint density at radius 3 is 2.60 bits per heavy atom. The van der Waals surface area contributed by atoms with Crippen LogP contribution in [0.25, 0.3) is 11.3 Å². The van der Waals surface area contributed by atoms with E-state index in [4.69, 9.17) is 22.1 Å². The zero-order valence-corrected chi connectivity index (χ0v) is 12.3. The van der Waals surface area contributed by atoms with E-state index in [0.717, 1.165) is 30.1 Å². The molecule has 1 aliphatic rings. The molecule has 2 N–H and O–H groups in total. The molecule has 0 saturated carbocycles. The first-order chi connectivity index (χ1) is 9.52. The van der Waals surface area contributed by atoms with Gasteiger partial charge >= 0.3 is 0 Å². The van der Waals surface area contributed by atoms with Crippen molar-refractivity contribution in [3.63, 3.8) is 0 Å². The summed E-state index contributed by atoms with van der Waals surface area (Å²) >= 11 is 6.28. The predicted molar refractivity (Wildman–Crippen MR) is 80.0 cm³/mol. The molecule has 0 unspecified atom stereocenters. The molecule has 2 aromatic rings. The van der Waals surface area contributed by atoms with Crippen LogP contribution in [0, 0.1) is 0 Å². The summed E-state index contributed by atoms with van der Waals surface area (Å²) in [6, 6.07) is 7.53. The van der Waals surface area contributed by atoms with Crippen molar-refractivity contribution in [3.05, 3.63) is 29.3 Å². The Morgan fingerprint density at radius 1 is 1.30 bits per heavy atom. The van der Waals surface area contributed by atoms with Gasteiger partial charge in [0.1, 0.15) is 17.7 Å². The minimum atomic E-state index is 0.230. The third-order valence-electron chi connectivity index (χ3n) is 3.47. The number of aromatic nitrogens is 2. The average Bonchev–Trinajstić information content (AvgIpc) is 2.70. The van der Waals surface area contributed by atoms with Gasteiger partial charge in [-0.15, -0.1) is 0 Å². The smallest absolute Gasteiger partial charge is 0.138 e. The molecule has 3 rings (SSSR count). The Hall–Kier alpha value is -1.72. The number of nitrogens with two attached hydrogens (primary N) is 1. The lowest BCUT2D eigenvalue weighted by Crippen LogP contribution is -2.51. The van der Waals surface area contributed by atoms with Gasteiger partial charge in [0.15, 0.2) is 0 Å². The van der Waals surface area contributed by atoms with Crippen molar-refractivity contribution in [3.8, 4) is 17.0 Å². The van der Waals surface area contributed by atoms with E-state index < -0.39 is 0 Å². The molecule has 2 heterocycles. The fourth-order valence-corrected chi connectivity index (χ4v) is 2.50. The number of hydrogen-bond acceptors (Lipinski definition) is 4. The molecule has 6 heteroatoms. The predicted octanol–water partition coefficient (Wildman–Crippen LogP) is 2.02. The highest BCUT2D eigenvalue weighted by atomic mass is 35.5. The lowest BCUT2D eigenvalue weighted by molar-refractivity contribution is 0.0389. The SMILES string of the molecule is CN1CC(Oc2ccc(-c3cc(N)n(C)n3)cc2Cl)C1. The second-order valence-corrected chi connectivity index (χ2v) is 5.59. The molecule has 0 atom stereocenters. The summed E-state index contributed by atoms with van der Waals surface area (Å²) in [4.78, 5) is 2.20. The number of ether oxygens (including phenoxy) is 1. The van der Waals surface area contributed by atoms with Gasteiger partial charge < -0.3 is 10.5 Å². The van der Waals surface area contributed by atoms with Crippen LogP contribution >= 0.6 is 11.6 Å². The van der Waals surface area contributed by atoms with Crippen LogP contribution < -0.4 is 10.5 Å². The summed E-state index contributed by atoms with van der Waals surface area (Å²) in [6.45, 7) is 1.88. The van der Waals surface area contributed by atoms with Crippen LogP contribution in [0.15, 0.2) is 24.3 Å². The number of aryl methyl sites for hydroxylation is 1. The van der Waals surface area contributed by atoms with Gasteiger partial charge in [-0.05, 0) is 25.2 Å². The first-order valence-corrected chi connectivity index (χ1v) is 6.85. The Labute approximate surface area is 122 Å². The first-order valence-electron chi connectivity index (χ1n) is 6.47. The van der Waals surface area contributed by atoms with Crippen LogP contribution in [-0.2, 0) is 7.05 Å². The van der Waals surface area contributed by atoms with Crippen molar-refractivity contribution >= 4 is 17.4 Å². The lowest BCUT2D eigenvalue weighted by Gasteiger charge is -2.36. The van der Waals surface area contributed by atoms with Gasteiger partial charge in [-0.25, -0.2) is 0 Å². The van der Waals surface area contributed by atoms with Crippen molar-refractivity contribution in [2.45, 2.75) is 6.10 Å². The van der Waals surface area contributed by atoms with Crippen molar-refractivity contribution in [1.82, 2.24) is 14.7 Å². The minimum absolute atomic E-state index is 0.230. The van der Waals surface area contributed by atoms with Crippen LogP contribution in [0.4, 0.5) is 5.82 Å². The molecule has 0 aliphatic carbocycles. The van der Waals surface area contributed by atoms with E-state index in [-0.39, 0.29) is 6.10 Å². The standard InChI is InChI=1S/C14H17ClN4O/c1-18-7-10(8-18)20-13-4-3-9(5-11(13)15)12-6-14(16)19(2)17-12/h3-6,10H,7-8,16H2,1-2H3. The Bertz CT molecular complexity index is 615. The topological polar surface area (TPSA) is 56.3 Å². The van der Waals surface area contributed by atoms with E-state index in [0.29, 0.717) is 10.8 Å². The molecule has 1 aliphatic heterocycles. The van der Waals surface area contributed by atoms with E-state index in [1.54, 1.807) is 4.68 Å². The number of benzene rings is 1. The second kappa shape index (κ2) is 5.00. The van der Waals surface area contributed by atoms with Gasteiger partial charge in [0.25, 0.3) is 0 Å². The number of likely N-dealkylation sites (tertiary alicyclic amines) is 1. The zero-order valence-electron chi connectivity index (χ0n) is 11.5. The highest BCUT2D eigenvalue weighted by Crippen LogP contribution is 2.31. The number of anilines is 1. The van der Waals surface area contributed by atoms with E-state index in [1.807, 2.05) is 31.3 Å². The van der Waals surface area contributed by atoms with Gasteiger partial charge in [-0.3, -0.25) is 9.58 Å². The largest absolute Gasteiger partial charge is 0.486 e. The van der Waals surface area contributed by atoms with Gasteiger partial charge in [-0.1, -0.05) is 11.6 Å². The highest BCUT2D eigenvalue weighted by molar-refractivity contribution is 6.32. The quantitative estimate of drug-likeness (QED) is 0.940. The molecule has 0 radical (unpaired) electrons. The Morgan fingerprint density at radius 2 is 2.05 bits per heavy atom. The maximum atomic E-state index is 6.28. The van der Waals surface area contributed by atoms with Gasteiger partial charge in [0.2, 0.25) is 0 Å². The molecule has 0 bridgehead atoms. The maximum Gasteiger partial charge on any atom is 0.138 e. The van der Waals surface area contributed by atoms with Crippen LogP contribution in [0.2, 0.25) is 5.02 Å². The monoisotopic (exact) mass is 292 g/mol. The number of halogens is 1. The van der Waals surface area contributed by atoms with E-state index in [9.17, 15) is 0 Å². The zero-order chi connectivity index (χ0) is 14.3. The summed E-state index contributed by atoms with van der Waals surface area (Å²) in [6.07, 6.45) is 0.230. The molecule has 5 nitrogen and oxygen atoms in total. The van der Waals surface area contributed by atoms with E-state index in [1.165, 1.54) is 0 Å². The maximum absolute atomic E-state index is 6.28. The fourth-order valence-electron chi connectivity index (χ4n) is 2.27. The van der Waals surface area contributed by atoms with E-state index in [2.05, 4.69) is 17.0 Å². The first kappa shape index (κ1) is 13.3. The number of rotatable bonds is 3. The van der Waals surface area contributed by atoms with Crippen LogP contribution in [0.1, 0.15) is 0 Å². The molecule has 1 aromatic carbocycles. The Balaban J connectivity index is 1.80. The summed E-state index contributed by atoms with van der Waals surface area (Å²) in [5.74, 6) is 1.34. The molecule has 1 aromatic heterocycles. The summed E-state index contributed by atoms with van der Waals surface area (Å²) < 4.78 is 7.48. The van der Waals surface area contributed by atoms with Gasteiger partial charge in [0, 0.05) is 31.8 Å². The third-order valence-corrected chi connectivity index (χ3v) is 3.76. The number of nitrogen functional groups attached to an aromatic ring is 1. The van der Waals surface area contributed by atoms with Gasteiger partial charge in [-0.2, -0.15) is 5.10 Å². The van der Waals surface area contributed by atoms with Gasteiger partial charge in [0.05, 0.1) is 10.7 Å². The molecule has 1 saturated heterocycles. The molecular formula is C14H17ClN4O. The van der Waals surface area contributed by atoms with E-state index >= 15 is 0 Å². The number of nitrogens with zero attached hydrogens (tertiary/aromatic N) is 3. The van der Waals surface area contributed by atoms with Crippen LogP contribution in [-0.4, -0.2) is 40.9 Å². The molecule has 106 valence electrons. The highest BCUT2D eigenvalue weighted by Gasteiger charge is 2.25. The lowest BCUT2D eigenvalue weighted by atomic mass is 10.1. The summed E-state index contributed by atoms with van der Waals surface area (Å²) in [5.41, 5.74) is 7.53. The molecule has 20 heavy (non-hydrogen) atoms.